The van der Waals surface area contributed by atoms with Gasteiger partial charge in [0.15, 0.2) is 3.95 Å². The lowest BCUT2D eigenvalue weighted by molar-refractivity contribution is 0.0130. The molecule has 0 spiro atoms. The lowest BCUT2D eigenvalue weighted by atomic mass is 10.1. The fraction of sp³-hybridized carbons (Fsp3) is 0.471. The maximum absolute atomic E-state index is 12.1. The molecule has 1 aromatic carbocycles. The minimum atomic E-state index is -0.392. The monoisotopic (exact) mass is 397 g/mol. The number of esters is 1. The molecule has 0 saturated heterocycles. The van der Waals surface area contributed by atoms with Crippen LogP contribution in [-0.4, -0.2) is 74.7 Å². The molecule has 2 rings (SSSR count). The van der Waals surface area contributed by atoms with E-state index in [1.165, 1.54) is 11.3 Å². The van der Waals surface area contributed by atoms with Crippen molar-refractivity contribution in [2.45, 2.75) is 0 Å². The minimum absolute atomic E-state index is 0.197. The molecule has 1 aromatic heterocycles. The van der Waals surface area contributed by atoms with Crippen molar-refractivity contribution in [1.29, 1.82) is 0 Å². The van der Waals surface area contributed by atoms with Crippen LogP contribution in [0.2, 0.25) is 0 Å². The van der Waals surface area contributed by atoms with E-state index in [1.807, 2.05) is 20.2 Å². The number of H-pyrrole nitrogens is 1. The Balaban J connectivity index is 1.66. The van der Waals surface area contributed by atoms with Crippen LogP contribution in [-0.2, 0) is 14.2 Å². The molecule has 7 nitrogen and oxygen atoms in total. The molecule has 0 aliphatic heterocycles. The average molecular weight is 398 g/mol. The molecule has 1 heterocycles. The van der Waals surface area contributed by atoms with Crippen molar-refractivity contribution in [1.82, 2.24) is 15.1 Å². The molecule has 9 heteroatoms. The summed E-state index contributed by atoms with van der Waals surface area (Å²) in [5, 5.41) is 7.58. The van der Waals surface area contributed by atoms with Crippen LogP contribution >= 0.6 is 23.6 Å². The van der Waals surface area contributed by atoms with E-state index >= 15 is 0 Å². The summed E-state index contributed by atoms with van der Waals surface area (Å²) in [6.07, 6.45) is 0. The van der Waals surface area contributed by atoms with E-state index in [0.717, 1.165) is 17.1 Å². The van der Waals surface area contributed by atoms with Gasteiger partial charge in [0.05, 0.1) is 32.0 Å². The summed E-state index contributed by atoms with van der Waals surface area (Å²) in [5.74, 6) is -0.392. The molecular formula is C17H23N3O4S2. The Bertz CT molecular complexity index is 745. The third-order valence-corrected chi connectivity index (χ3v) is 4.44. The Hall–Kier alpha value is -1.65. The summed E-state index contributed by atoms with van der Waals surface area (Å²) >= 11 is 6.38. The van der Waals surface area contributed by atoms with Gasteiger partial charge in [-0.2, -0.15) is 5.10 Å². The van der Waals surface area contributed by atoms with Crippen molar-refractivity contribution in [2.75, 3.05) is 53.7 Å². The lowest BCUT2D eigenvalue weighted by Crippen LogP contribution is -2.19. The quantitative estimate of drug-likeness (QED) is 0.355. The van der Waals surface area contributed by atoms with Crippen LogP contribution in [0.5, 0.6) is 0 Å². The molecule has 0 saturated carbocycles. The first-order valence-electron chi connectivity index (χ1n) is 8.19. The summed E-state index contributed by atoms with van der Waals surface area (Å²) < 4.78 is 16.6. The molecule has 0 fully saturated rings. The molecule has 0 aliphatic rings. The molecule has 1 N–H and O–H groups in total. The second-order valence-corrected chi connectivity index (χ2v) is 7.33. The van der Waals surface area contributed by atoms with E-state index in [4.69, 9.17) is 26.4 Å². The van der Waals surface area contributed by atoms with Crippen molar-refractivity contribution in [3.8, 4) is 10.6 Å². The van der Waals surface area contributed by atoms with E-state index in [1.54, 1.807) is 18.2 Å². The van der Waals surface area contributed by atoms with Gasteiger partial charge in [-0.1, -0.05) is 23.5 Å². The van der Waals surface area contributed by atoms with Gasteiger partial charge in [0.25, 0.3) is 0 Å². The number of nitrogens with one attached hydrogen (secondary N) is 1. The highest BCUT2D eigenvalue weighted by atomic mass is 32.1. The van der Waals surface area contributed by atoms with Crippen molar-refractivity contribution in [2.24, 2.45) is 0 Å². The summed E-state index contributed by atoms with van der Waals surface area (Å²) in [6, 6.07) is 7.11. The highest BCUT2D eigenvalue weighted by Gasteiger charge is 2.10. The SMILES string of the molecule is CN(C)CCOCCOCCOC(=O)c1cccc(-c2n[nH]c(=S)s2)c1. The first kappa shape index (κ1) is 20.7. The fourth-order valence-corrected chi connectivity index (χ4v) is 2.86. The van der Waals surface area contributed by atoms with E-state index in [0.29, 0.717) is 35.9 Å². The van der Waals surface area contributed by atoms with Gasteiger partial charge in [-0.15, -0.1) is 0 Å². The Labute approximate surface area is 161 Å². The van der Waals surface area contributed by atoms with Gasteiger partial charge in [0.1, 0.15) is 11.6 Å². The molecular weight excluding hydrogens is 374 g/mol. The van der Waals surface area contributed by atoms with Crippen molar-refractivity contribution < 1.29 is 19.0 Å². The van der Waals surface area contributed by atoms with Gasteiger partial charge in [-0.3, -0.25) is 5.10 Å². The lowest BCUT2D eigenvalue weighted by Gasteiger charge is -2.10. The standard InChI is InChI=1S/C17H23N3O4S2/c1-20(2)6-7-22-8-9-23-10-11-24-16(21)14-5-3-4-13(12-14)15-18-19-17(25)26-15/h3-5,12H,6-11H2,1-2H3,(H,19,25). The number of likely N-dealkylation sites (N-methyl/N-ethyl adjacent to an activating group) is 1. The zero-order valence-electron chi connectivity index (χ0n) is 14.9. The third-order valence-electron chi connectivity index (χ3n) is 3.30. The van der Waals surface area contributed by atoms with Crippen LogP contribution < -0.4 is 0 Å². The summed E-state index contributed by atoms with van der Waals surface area (Å²) in [5.41, 5.74) is 1.29. The second-order valence-electron chi connectivity index (χ2n) is 5.66. The van der Waals surface area contributed by atoms with E-state index in [2.05, 4.69) is 15.1 Å². The van der Waals surface area contributed by atoms with Crippen LogP contribution in [0.15, 0.2) is 24.3 Å². The highest BCUT2D eigenvalue weighted by Crippen LogP contribution is 2.22. The maximum Gasteiger partial charge on any atom is 0.338 e. The topological polar surface area (TPSA) is 76.7 Å². The predicted octanol–water partition coefficient (Wildman–Crippen LogP) is 2.62. The summed E-state index contributed by atoms with van der Waals surface area (Å²) in [4.78, 5) is 14.2. The highest BCUT2D eigenvalue weighted by molar-refractivity contribution is 7.73. The van der Waals surface area contributed by atoms with E-state index in [-0.39, 0.29) is 6.61 Å². The van der Waals surface area contributed by atoms with E-state index < -0.39 is 5.97 Å². The number of rotatable bonds is 11. The summed E-state index contributed by atoms with van der Waals surface area (Å²) in [7, 11) is 3.99. The number of benzene rings is 1. The number of carbonyl (C=O) groups is 1. The fourth-order valence-electron chi connectivity index (χ4n) is 1.98. The number of hydrogen-bond donors (Lipinski definition) is 1. The van der Waals surface area contributed by atoms with Crippen LogP contribution in [0, 0.1) is 3.95 Å². The molecule has 2 aromatic rings. The first-order valence-corrected chi connectivity index (χ1v) is 9.42. The maximum atomic E-state index is 12.1. The number of ether oxygens (including phenoxy) is 3. The number of aromatic nitrogens is 2. The van der Waals surface area contributed by atoms with Crippen LogP contribution in [0.3, 0.4) is 0 Å². The molecule has 0 unspecified atom stereocenters. The van der Waals surface area contributed by atoms with Gasteiger partial charge < -0.3 is 19.1 Å². The zero-order chi connectivity index (χ0) is 18.8. The van der Waals surface area contributed by atoms with Crippen molar-refractivity contribution in [3.05, 3.63) is 33.8 Å². The van der Waals surface area contributed by atoms with Crippen molar-refractivity contribution in [3.63, 3.8) is 0 Å². The largest absolute Gasteiger partial charge is 0.460 e. The molecule has 0 amide bonds. The zero-order valence-corrected chi connectivity index (χ0v) is 16.5. The van der Waals surface area contributed by atoms with Crippen LogP contribution in [0.25, 0.3) is 10.6 Å². The number of carbonyl (C=O) groups excluding carboxylic acids is 1. The molecule has 0 bridgehead atoms. The normalized spacial score (nSPS) is 11.0. The van der Waals surface area contributed by atoms with Gasteiger partial charge >= 0.3 is 5.97 Å². The van der Waals surface area contributed by atoms with Gasteiger partial charge in [0.2, 0.25) is 0 Å². The number of hydrogen-bond acceptors (Lipinski definition) is 8. The molecule has 0 aliphatic carbocycles. The first-order chi connectivity index (χ1) is 12.6. The van der Waals surface area contributed by atoms with Crippen LogP contribution in [0.4, 0.5) is 0 Å². The van der Waals surface area contributed by atoms with Crippen molar-refractivity contribution >= 4 is 29.5 Å². The minimum Gasteiger partial charge on any atom is -0.460 e. The van der Waals surface area contributed by atoms with Gasteiger partial charge in [0, 0.05) is 12.1 Å². The Morgan fingerprint density at radius 2 is 1.92 bits per heavy atom. The summed E-state index contributed by atoms with van der Waals surface area (Å²) in [6.45, 7) is 3.09. The molecule has 26 heavy (non-hydrogen) atoms. The Kier molecular flexibility index (Phi) is 8.86. The van der Waals surface area contributed by atoms with Gasteiger partial charge in [-0.25, -0.2) is 4.79 Å². The molecule has 142 valence electrons. The Morgan fingerprint density at radius 3 is 2.62 bits per heavy atom. The smallest absolute Gasteiger partial charge is 0.338 e. The second kappa shape index (κ2) is 11.1. The Morgan fingerprint density at radius 1 is 1.19 bits per heavy atom. The van der Waals surface area contributed by atoms with Crippen LogP contribution in [0.1, 0.15) is 10.4 Å². The number of nitrogens with zero attached hydrogens (tertiary/aromatic N) is 2. The average Bonchev–Trinajstić information content (AvgIpc) is 3.06. The molecule has 0 atom stereocenters. The third kappa shape index (κ3) is 7.30. The van der Waals surface area contributed by atoms with Gasteiger partial charge in [-0.05, 0) is 38.4 Å². The van der Waals surface area contributed by atoms with E-state index in [9.17, 15) is 4.79 Å². The number of aromatic amines is 1. The molecule has 0 radical (unpaired) electrons. The predicted molar refractivity (Wildman–Crippen MR) is 103 cm³/mol.